The maximum absolute atomic E-state index is 12.7. The molecule has 0 saturated heterocycles. The van der Waals surface area contributed by atoms with E-state index in [1.54, 1.807) is 18.3 Å². The number of hydrogen-bond acceptors (Lipinski definition) is 8. The smallest absolute Gasteiger partial charge is 0.341 e. The summed E-state index contributed by atoms with van der Waals surface area (Å²) in [5.74, 6) is 0.439. The third-order valence-corrected chi connectivity index (χ3v) is 8.59. The number of thioether (sulfide) groups is 1. The number of carbonyl (C=O) groups excluding carboxylic acids is 2. The predicted octanol–water partition coefficient (Wildman–Crippen LogP) is 4.62. The van der Waals surface area contributed by atoms with Crippen molar-refractivity contribution in [3.8, 4) is 11.4 Å². The zero-order chi connectivity index (χ0) is 22.1. The number of carbonyl (C=O) groups is 2. The SMILES string of the molecule is CCOC(=O)c1c(NC(=O)CSc2nnc(-c3csc(C)c3C)n2C)sc2c1CCC2. The first kappa shape index (κ1) is 22.0. The average molecular weight is 477 g/mol. The lowest BCUT2D eigenvalue weighted by Crippen LogP contribution is -2.17. The molecule has 1 amide bonds. The molecule has 10 heteroatoms. The fraction of sp³-hybridized carbons (Fsp3) is 0.429. The minimum absolute atomic E-state index is 0.178. The molecule has 0 bridgehead atoms. The van der Waals surface area contributed by atoms with E-state index in [-0.39, 0.29) is 17.6 Å². The summed E-state index contributed by atoms with van der Waals surface area (Å²) in [7, 11) is 1.91. The van der Waals surface area contributed by atoms with E-state index in [4.69, 9.17) is 4.74 Å². The Morgan fingerprint density at radius 3 is 2.81 bits per heavy atom. The molecule has 0 aliphatic heterocycles. The van der Waals surface area contributed by atoms with Gasteiger partial charge < -0.3 is 14.6 Å². The molecule has 4 rings (SSSR count). The summed E-state index contributed by atoms with van der Waals surface area (Å²) in [6.07, 6.45) is 2.84. The van der Waals surface area contributed by atoms with Gasteiger partial charge in [0.05, 0.1) is 17.9 Å². The minimum Gasteiger partial charge on any atom is -0.462 e. The van der Waals surface area contributed by atoms with Crippen LogP contribution in [0.2, 0.25) is 0 Å². The van der Waals surface area contributed by atoms with Gasteiger partial charge in [0, 0.05) is 27.7 Å². The highest BCUT2D eigenvalue weighted by Crippen LogP contribution is 2.39. The molecule has 1 aliphatic carbocycles. The van der Waals surface area contributed by atoms with Crippen LogP contribution in [0.25, 0.3) is 11.4 Å². The van der Waals surface area contributed by atoms with Crippen molar-refractivity contribution in [3.05, 3.63) is 31.8 Å². The maximum Gasteiger partial charge on any atom is 0.341 e. The summed E-state index contributed by atoms with van der Waals surface area (Å²) in [5, 5.41) is 14.9. The molecule has 7 nitrogen and oxygen atoms in total. The Hall–Kier alpha value is -2.17. The lowest BCUT2D eigenvalue weighted by atomic mass is 10.1. The fourth-order valence-electron chi connectivity index (χ4n) is 3.61. The molecule has 0 saturated carbocycles. The molecule has 3 aromatic rings. The second kappa shape index (κ2) is 9.13. The van der Waals surface area contributed by atoms with Crippen LogP contribution in [0.4, 0.5) is 5.00 Å². The van der Waals surface area contributed by atoms with E-state index < -0.39 is 0 Å². The molecule has 3 aromatic heterocycles. The first-order valence-corrected chi connectivity index (χ1v) is 12.8. The fourth-order valence-corrected chi connectivity index (χ4v) is 6.48. The van der Waals surface area contributed by atoms with Gasteiger partial charge in [-0.3, -0.25) is 4.79 Å². The second-order valence-corrected chi connectivity index (χ2v) is 10.4. The molecule has 0 radical (unpaired) electrons. The van der Waals surface area contributed by atoms with Crippen LogP contribution in [-0.2, 0) is 29.4 Å². The van der Waals surface area contributed by atoms with Crippen LogP contribution in [0, 0.1) is 13.8 Å². The van der Waals surface area contributed by atoms with Gasteiger partial charge >= 0.3 is 5.97 Å². The predicted molar refractivity (Wildman–Crippen MR) is 125 cm³/mol. The molecule has 0 unspecified atom stereocenters. The zero-order valence-corrected chi connectivity index (χ0v) is 20.4. The molecule has 3 heterocycles. The third kappa shape index (κ3) is 4.28. The molecule has 0 aromatic carbocycles. The highest BCUT2D eigenvalue weighted by molar-refractivity contribution is 7.99. The Bertz CT molecular complexity index is 1150. The molecule has 0 fully saturated rings. The van der Waals surface area contributed by atoms with Gasteiger partial charge in [-0.2, -0.15) is 0 Å². The van der Waals surface area contributed by atoms with E-state index in [0.29, 0.717) is 22.3 Å². The minimum atomic E-state index is -0.357. The Morgan fingerprint density at radius 1 is 1.29 bits per heavy atom. The maximum atomic E-state index is 12.7. The van der Waals surface area contributed by atoms with Crippen molar-refractivity contribution in [2.45, 2.75) is 45.2 Å². The molecule has 1 N–H and O–H groups in total. The third-order valence-electron chi connectivity index (χ3n) is 5.35. The van der Waals surface area contributed by atoms with Crippen LogP contribution >= 0.6 is 34.4 Å². The van der Waals surface area contributed by atoms with Crippen molar-refractivity contribution in [1.29, 1.82) is 0 Å². The Labute approximate surface area is 193 Å². The number of esters is 1. The topological polar surface area (TPSA) is 86.1 Å². The van der Waals surface area contributed by atoms with E-state index in [1.165, 1.54) is 38.4 Å². The summed E-state index contributed by atoms with van der Waals surface area (Å²) in [6, 6.07) is 0. The number of aromatic nitrogens is 3. The number of nitrogens with zero attached hydrogens (tertiary/aromatic N) is 3. The number of fused-ring (bicyclic) bond motifs is 1. The number of ether oxygens (including phenoxy) is 1. The number of thiophene rings is 2. The number of amides is 1. The normalized spacial score (nSPS) is 12.8. The molecule has 164 valence electrons. The Balaban J connectivity index is 1.45. The summed E-state index contributed by atoms with van der Waals surface area (Å²) < 4.78 is 7.14. The molecule has 1 aliphatic rings. The van der Waals surface area contributed by atoms with Gasteiger partial charge in [-0.25, -0.2) is 4.79 Å². The number of aryl methyl sites for hydroxylation is 2. The lowest BCUT2D eigenvalue weighted by Gasteiger charge is -2.08. The van der Waals surface area contributed by atoms with Crippen LogP contribution in [0.5, 0.6) is 0 Å². The average Bonchev–Trinajstić information content (AvgIpc) is 3.47. The van der Waals surface area contributed by atoms with Gasteiger partial charge in [0.2, 0.25) is 5.91 Å². The van der Waals surface area contributed by atoms with Crippen molar-refractivity contribution < 1.29 is 14.3 Å². The van der Waals surface area contributed by atoms with Gasteiger partial charge in [-0.15, -0.1) is 32.9 Å². The number of hydrogen-bond donors (Lipinski definition) is 1. The van der Waals surface area contributed by atoms with Crippen molar-refractivity contribution in [2.24, 2.45) is 7.05 Å². The number of nitrogens with one attached hydrogen (secondary N) is 1. The quantitative estimate of drug-likeness (QED) is 0.396. The molecule has 31 heavy (non-hydrogen) atoms. The summed E-state index contributed by atoms with van der Waals surface area (Å²) in [6.45, 7) is 6.26. The van der Waals surface area contributed by atoms with E-state index >= 15 is 0 Å². The first-order chi connectivity index (χ1) is 14.9. The number of rotatable bonds is 7. The molecule has 0 spiro atoms. The van der Waals surface area contributed by atoms with E-state index in [0.717, 1.165) is 36.2 Å². The largest absolute Gasteiger partial charge is 0.462 e. The van der Waals surface area contributed by atoms with Crippen LogP contribution in [0.1, 0.15) is 44.6 Å². The van der Waals surface area contributed by atoms with E-state index in [2.05, 4.69) is 34.7 Å². The summed E-state index contributed by atoms with van der Waals surface area (Å²) >= 11 is 4.51. The zero-order valence-electron chi connectivity index (χ0n) is 17.9. The van der Waals surface area contributed by atoms with Crippen LogP contribution in [0.15, 0.2) is 10.5 Å². The second-order valence-electron chi connectivity index (χ2n) is 7.31. The van der Waals surface area contributed by atoms with Crippen LogP contribution < -0.4 is 5.32 Å². The highest BCUT2D eigenvalue weighted by atomic mass is 32.2. The summed E-state index contributed by atoms with van der Waals surface area (Å²) in [4.78, 5) is 27.6. The van der Waals surface area contributed by atoms with Crippen molar-refractivity contribution in [2.75, 3.05) is 17.7 Å². The van der Waals surface area contributed by atoms with Gasteiger partial charge in [0.1, 0.15) is 5.00 Å². The number of anilines is 1. The van der Waals surface area contributed by atoms with E-state index in [9.17, 15) is 9.59 Å². The lowest BCUT2D eigenvalue weighted by molar-refractivity contribution is -0.113. The van der Waals surface area contributed by atoms with Crippen molar-refractivity contribution in [3.63, 3.8) is 0 Å². The van der Waals surface area contributed by atoms with Gasteiger partial charge in [0.15, 0.2) is 11.0 Å². The molecular formula is C21H24N4O3S3. The van der Waals surface area contributed by atoms with Crippen molar-refractivity contribution in [1.82, 2.24) is 14.8 Å². The molecular weight excluding hydrogens is 452 g/mol. The Morgan fingerprint density at radius 2 is 2.10 bits per heavy atom. The first-order valence-electron chi connectivity index (χ1n) is 10.1. The van der Waals surface area contributed by atoms with Gasteiger partial charge in [-0.1, -0.05) is 11.8 Å². The standard InChI is InChI=1S/C21H24N4O3S3/c1-5-28-20(27)17-13-7-6-8-15(13)31-19(17)22-16(26)10-30-21-24-23-18(25(21)4)14-9-29-12(3)11(14)2/h9H,5-8,10H2,1-4H3,(H,22,26). The van der Waals surface area contributed by atoms with Crippen LogP contribution in [0.3, 0.4) is 0 Å². The Kier molecular flexibility index (Phi) is 6.49. The van der Waals surface area contributed by atoms with Crippen LogP contribution in [-0.4, -0.2) is 39.0 Å². The highest BCUT2D eigenvalue weighted by Gasteiger charge is 2.28. The van der Waals surface area contributed by atoms with E-state index in [1.807, 2.05) is 11.6 Å². The van der Waals surface area contributed by atoms with Gasteiger partial charge in [0.25, 0.3) is 0 Å². The van der Waals surface area contributed by atoms with Gasteiger partial charge in [-0.05, 0) is 51.2 Å². The molecule has 0 atom stereocenters. The summed E-state index contributed by atoms with van der Waals surface area (Å²) in [5.41, 5.74) is 3.83. The monoisotopic (exact) mass is 476 g/mol. The van der Waals surface area contributed by atoms with Crippen molar-refractivity contribution >= 4 is 51.3 Å².